The van der Waals surface area contributed by atoms with Crippen molar-refractivity contribution in [1.29, 1.82) is 0 Å². The quantitative estimate of drug-likeness (QED) is 0.601. The summed E-state index contributed by atoms with van der Waals surface area (Å²) in [5, 5.41) is 7.37. The summed E-state index contributed by atoms with van der Waals surface area (Å²) in [6.45, 7) is 3.86. The fourth-order valence-electron chi connectivity index (χ4n) is 3.65. The van der Waals surface area contributed by atoms with Gasteiger partial charge in [-0.2, -0.15) is 4.39 Å². The van der Waals surface area contributed by atoms with Crippen molar-refractivity contribution in [3.05, 3.63) is 53.0 Å². The van der Waals surface area contributed by atoms with Crippen molar-refractivity contribution < 1.29 is 22.6 Å². The van der Waals surface area contributed by atoms with Gasteiger partial charge in [-0.15, -0.1) is 0 Å². The van der Waals surface area contributed by atoms with Crippen LogP contribution in [0, 0.1) is 11.8 Å². The minimum atomic E-state index is -0.624. The summed E-state index contributed by atoms with van der Waals surface area (Å²) >= 11 is 0. The van der Waals surface area contributed by atoms with Crippen molar-refractivity contribution >= 4 is 17.8 Å². The average molecular weight is 439 g/mol. The van der Waals surface area contributed by atoms with E-state index in [1.54, 1.807) is 19.1 Å². The molecule has 0 spiro atoms. The van der Waals surface area contributed by atoms with Crippen LogP contribution in [0.25, 0.3) is 0 Å². The van der Waals surface area contributed by atoms with Crippen LogP contribution in [0.15, 0.2) is 24.4 Å². The number of carbonyl (C=O) groups is 2. The van der Waals surface area contributed by atoms with Crippen molar-refractivity contribution in [3.8, 4) is 0 Å². The van der Waals surface area contributed by atoms with Gasteiger partial charge in [0.2, 0.25) is 5.95 Å². The van der Waals surface area contributed by atoms with E-state index < -0.39 is 23.7 Å². The lowest BCUT2D eigenvalue weighted by Gasteiger charge is -2.32. The summed E-state index contributed by atoms with van der Waals surface area (Å²) in [5.41, 5.74) is 0.977. The van der Waals surface area contributed by atoms with E-state index in [2.05, 4.69) is 30.8 Å². The van der Waals surface area contributed by atoms with E-state index in [0.29, 0.717) is 50.1 Å². The molecule has 0 aliphatic carbocycles. The predicted molar refractivity (Wildman–Crippen MR) is 118 cm³/mol. The third kappa shape index (κ3) is 5.52. The molecule has 0 saturated carbocycles. The second-order valence-corrected chi connectivity index (χ2v) is 7.32. The van der Waals surface area contributed by atoms with E-state index in [-0.39, 0.29) is 21.7 Å². The number of aromatic nitrogens is 2. The summed E-state index contributed by atoms with van der Waals surface area (Å²) in [6.07, 6.45) is 2.84. The first-order chi connectivity index (χ1) is 14.9. The Balaban J connectivity index is 0.00000363. The number of hydrogen-bond acceptors (Lipinski definition) is 5. The molecule has 0 aromatic carbocycles. The molecule has 31 heavy (non-hydrogen) atoms. The molecular formula is C21H32F2N6O2. The molecule has 3 heterocycles. The zero-order valence-corrected chi connectivity index (χ0v) is 17.5. The van der Waals surface area contributed by atoms with Gasteiger partial charge >= 0.3 is 6.03 Å². The molecule has 2 aromatic rings. The Morgan fingerprint density at radius 2 is 1.97 bits per heavy atom. The molecule has 3 amide bonds. The van der Waals surface area contributed by atoms with Gasteiger partial charge in [-0.3, -0.25) is 15.0 Å². The standard InChI is InChI=1S/C21H26F2N6O2.3H2/c1-3-25-21(31)28-19-17(22)14(6-9-26-19)12-29-10-7-13(8-11-29)15-4-5-16(20(30)24-2)27-18(15)23;;;/h4-6,9,13H,3,7-8,10-12H2,1-2H3,(H,24,30)(H2,25,26,28,31);3*1H. The molecule has 172 valence electrons. The molecule has 1 saturated heterocycles. The summed E-state index contributed by atoms with van der Waals surface area (Å²) in [4.78, 5) is 33.0. The number of hydrogen-bond donors (Lipinski definition) is 3. The van der Waals surface area contributed by atoms with E-state index in [4.69, 9.17) is 0 Å². The highest BCUT2D eigenvalue weighted by Crippen LogP contribution is 2.30. The summed E-state index contributed by atoms with van der Waals surface area (Å²) in [6, 6.07) is 4.23. The van der Waals surface area contributed by atoms with Crippen LogP contribution in [0.1, 0.15) is 51.6 Å². The number of rotatable bonds is 6. The first kappa shape index (κ1) is 22.5. The van der Waals surface area contributed by atoms with Gasteiger partial charge < -0.3 is 10.6 Å². The first-order valence-electron chi connectivity index (χ1n) is 10.2. The fraction of sp³-hybridized carbons (Fsp3) is 0.429. The minimum absolute atomic E-state index is 0. The highest BCUT2D eigenvalue weighted by Gasteiger charge is 2.25. The number of pyridine rings is 2. The Kier molecular flexibility index (Phi) is 7.45. The normalized spacial score (nSPS) is 14.8. The van der Waals surface area contributed by atoms with Crippen molar-refractivity contribution in [3.63, 3.8) is 0 Å². The predicted octanol–water partition coefficient (Wildman–Crippen LogP) is 3.37. The molecular weight excluding hydrogens is 406 g/mol. The highest BCUT2D eigenvalue weighted by atomic mass is 19.1. The Hall–Kier alpha value is -3.14. The number of amides is 3. The van der Waals surface area contributed by atoms with Crippen LogP contribution >= 0.6 is 0 Å². The lowest BCUT2D eigenvalue weighted by Crippen LogP contribution is -2.33. The fourth-order valence-corrected chi connectivity index (χ4v) is 3.65. The van der Waals surface area contributed by atoms with Crippen LogP contribution < -0.4 is 16.0 Å². The Morgan fingerprint density at radius 3 is 2.61 bits per heavy atom. The molecule has 1 fully saturated rings. The van der Waals surface area contributed by atoms with Crippen LogP contribution in [0.2, 0.25) is 0 Å². The van der Waals surface area contributed by atoms with Gasteiger partial charge in [0.15, 0.2) is 11.6 Å². The zero-order valence-electron chi connectivity index (χ0n) is 17.5. The number of nitrogens with one attached hydrogen (secondary N) is 3. The lowest BCUT2D eigenvalue weighted by atomic mass is 9.90. The SMILES string of the molecule is CCNC(=O)Nc1nccc(CN2CCC(c3ccc(C(=O)NC)nc3F)CC2)c1F.[HH].[HH].[HH]. The molecule has 0 unspecified atom stereocenters. The maximum atomic E-state index is 14.7. The third-order valence-corrected chi connectivity index (χ3v) is 5.30. The van der Waals surface area contributed by atoms with Crippen molar-refractivity contribution in [2.24, 2.45) is 0 Å². The van der Waals surface area contributed by atoms with Crippen molar-refractivity contribution in [1.82, 2.24) is 25.5 Å². The number of halogens is 2. The number of nitrogens with zero attached hydrogens (tertiary/aromatic N) is 3. The molecule has 3 N–H and O–H groups in total. The van der Waals surface area contributed by atoms with Gasteiger partial charge in [-0.05, 0) is 50.9 Å². The Bertz CT molecular complexity index is 962. The van der Waals surface area contributed by atoms with Crippen LogP contribution in [0.5, 0.6) is 0 Å². The molecule has 0 bridgehead atoms. The lowest BCUT2D eigenvalue weighted by molar-refractivity contribution is 0.0956. The molecule has 1 aliphatic heterocycles. The average Bonchev–Trinajstić information content (AvgIpc) is 2.76. The minimum Gasteiger partial charge on any atom is -0.354 e. The number of piperidine rings is 1. The van der Waals surface area contributed by atoms with Gasteiger partial charge in [-0.25, -0.2) is 19.2 Å². The Labute approximate surface area is 183 Å². The van der Waals surface area contributed by atoms with E-state index >= 15 is 0 Å². The maximum Gasteiger partial charge on any atom is 0.320 e. The summed E-state index contributed by atoms with van der Waals surface area (Å²) in [7, 11) is 1.47. The van der Waals surface area contributed by atoms with Gasteiger partial charge in [0.25, 0.3) is 5.91 Å². The van der Waals surface area contributed by atoms with Crippen LogP contribution in [-0.4, -0.2) is 53.5 Å². The van der Waals surface area contributed by atoms with E-state index in [9.17, 15) is 18.4 Å². The molecule has 0 radical (unpaired) electrons. The van der Waals surface area contributed by atoms with E-state index in [0.717, 1.165) is 0 Å². The summed E-state index contributed by atoms with van der Waals surface area (Å²) < 4.78 is 29.2. The Morgan fingerprint density at radius 1 is 1.23 bits per heavy atom. The number of anilines is 1. The van der Waals surface area contributed by atoms with Crippen LogP contribution in [0.4, 0.5) is 19.4 Å². The number of likely N-dealkylation sites (tertiary alicyclic amines) is 1. The van der Waals surface area contributed by atoms with Gasteiger partial charge in [0.1, 0.15) is 5.69 Å². The van der Waals surface area contributed by atoms with E-state index in [1.807, 2.05) is 0 Å². The van der Waals surface area contributed by atoms with Crippen molar-refractivity contribution in [2.75, 3.05) is 32.0 Å². The van der Waals surface area contributed by atoms with Gasteiger partial charge in [0.05, 0.1) is 0 Å². The summed E-state index contributed by atoms with van der Waals surface area (Å²) in [5.74, 6) is -1.74. The topological polar surface area (TPSA) is 99.3 Å². The monoisotopic (exact) mass is 438 g/mol. The van der Waals surface area contributed by atoms with E-state index in [1.165, 1.54) is 19.3 Å². The number of carbonyl (C=O) groups excluding carboxylic acids is 2. The van der Waals surface area contributed by atoms with Crippen LogP contribution in [-0.2, 0) is 6.54 Å². The van der Waals surface area contributed by atoms with Gasteiger partial charge in [0, 0.05) is 41.7 Å². The first-order valence-corrected chi connectivity index (χ1v) is 10.2. The molecule has 3 rings (SSSR count). The van der Waals surface area contributed by atoms with Gasteiger partial charge in [-0.1, -0.05) is 6.07 Å². The number of urea groups is 1. The molecule has 10 heteroatoms. The maximum absolute atomic E-state index is 14.7. The third-order valence-electron chi connectivity index (χ3n) is 5.30. The molecule has 1 aliphatic rings. The van der Waals surface area contributed by atoms with Crippen molar-refractivity contribution in [2.45, 2.75) is 32.2 Å². The molecule has 0 atom stereocenters. The van der Waals surface area contributed by atoms with Crippen LogP contribution in [0.3, 0.4) is 0 Å². The highest BCUT2D eigenvalue weighted by molar-refractivity contribution is 5.92. The molecule has 2 aromatic heterocycles. The largest absolute Gasteiger partial charge is 0.354 e. The molecule has 8 nitrogen and oxygen atoms in total. The smallest absolute Gasteiger partial charge is 0.320 e. The second kappa shape index (κ2) is 10.3. The second-order valence-electron chi connectivity index (χ2n) is 7.32. The zero-order chi connectivity index (χ0) is 22.4.